The minimum atomic E-state index is -0.751. The van der Waals surface area contributed by atoms with Crippen LogP contribution in [-0.2, 0) is 0 Å². The Balaban J connectivity index is 1.99. The van der Waals surface area contributed by atoms with Gasteiger partial charge in [-0.3, -0.25) is 0 Å². The first-order valence-corrected chi connectivity index (χ1v) is 8.63. The van der Waals surface area contributed by atoms with E-state index < -0.39 is 5.63 Å². The number of aromatic nitrogens is 1. The Hall–Kier alpha value is -4.31. The molecule has 0 unspecified atom stereocenters. The van der Waals surface area contributed by atoms with Gasteiger partial charge in [-0.2, -0.15) is 5.26 Å². The molecular formula is C22H15N3O4. The Bertz CT molecular complexity index is 1340. The van der Waals surface area contributed by atoms with Gasteiger partial charge < -0.3 is 20.0 Å². The summed E-state index contributed by atoms with van der Waals surface area (Å²) >= 11 is 0. The zero-order valence-electron chi connectivity index (χ0n) is 15.3. The number of para-hydroxylation sites is 1. The molecule has 0 aliphatic heterocycles. The molecule has 7 heteroatoms. The van der Waals surface area contributed by atoms with Gasteiger partial charge in [0.1, 0.15) is 40.1 Å². The minimum Gasteiger partial charge on any atom is -0.506 e. The van der Waals surface area contributed by atoms with Gasteiger partial charge in [-0.05, 0) is 35.9 Å². The number of rotatable bonds is 3. The van der Waals surface area contributed by atoms with Gasteiger partial charge in [0.25, 0.3) is 0 Å². The number of aromatic hydroxyl groups is 1. The zero-order valence-corrected chi connectivity index (χ0v) is 15.3. The van der Waals surface area contributed by atoms with Gasteiger partial charge in [-0.1, -0.05) is 24.3 Å². The van der Waals surface area contributed by atoms with E-state index in [4.69, 9.17) is 14.9 Å². The maximum Gasteiger partial charge on any atom is 0.349 e. The molecule has 0 aliphatic carbocycles. The van der Waals surface area contributed by atoms with Crippen molar-refractivity contribution in [2.75, 3.05) is 12.8 Å². The van der Waals surface area contributed by atoms with Crippen LogP contribution in [0.2, 0.25) is 0 Å². The number of nitriles is 1. The predicted octanol–water partition coefficient (Wildman–Crippen LogP) is 3.69. The summed E-state index contributed by atoms with van der Waals surface area (Å²) in [5.41, 5.74) is 6.84. The number of hydrogen-bond donors (Lipinski definition) is 2. The number of pyridine rings is 1. The summed E-state index contributed by atoms with van der Waals surface area (Å²) in [5, 5.41) is 20.6. The lowest BCUT2D eigenvalue weighted by molar-refractivity contribution is 0.415. The number of benzene rings is 2. The van der Waals surface area contributed by atoms with Crippen LogP contribution in [0.25, 0.3) is 33.4 Å². The lowest BCUT2D eigenvalue weighted by atomic mass is 9.98. The second-order valence-electron chi connectivity index (χ2n) is 6.26. The Morgan fingerprint density at radius 3 is 2.59 bits per heavy atom. The SMILES string of the molecule is COc1ccc(-c2cc(-c3c(O)c4ccccc4oc3=O)nc(N)c2C#N)cc1. The van der Waals surface area contributed by atoms with Crippen molar-refractivity contribution in [2.45, 2.75) is 0 Å². The monoisotopic (exact) mass is 385 g/mol. The molecule has 2 aromatic heterocycles. The highest BCUT2D eigenvalue weighted by molar-refractivity contribution is 5.91. The summed E-state index contributed by atoms with van der Waals surface area (Å²) in [5.74, 6) is 0.347. The molecule has 29 heavy (non-hydrogen) atoms. The number of nitrogens with zero attached hydrogens (tertiary/aromatic N) is 2. The topological polar surface area (TPSA) is 122 Å². The number of ether oxygens (including phenoxy) is 1. The highest BCUT2D eigenvalue weighted by atomic mass is 16.5. The van der Waals surface area contributed by atoms with Crippen molar-refractivity contribution in [2.24, 2.45) is 0 Å². The molecule has 0 fully saturated rings. The van der Waals surface area contributed by atoms with Crippen LogP contribution >= 0.6 is 0 Å². The maximum atomic E-state index is 12.6. The second-order valence-corrected chi connectivity index (χ2v) is 6.26. The third-order valence-electron chi connectivity index (χ3n) is 4.60. The Morgan fingerprint density at radius 1 is 1.17 bits per heavy atom. The van der Waals surface area contributed by atoms with E-state index in [2.05, 4.69) is 4.98 Å². The van der Waals surface area contributed by atoms with Crippen LogP contribution in [0.1, 0.15) is 5.56 Å². The fourth-order valence-corrected chi connectivity index (χ4v) is 3.17. The lowest BCUT2D eigenvalue weighted by Gasteiger charge is -2.11. The molecule has 0 aliphatic rings. The summed E-state index contributed by atoms with van der Waals surface area (Å²) in [7, 11) is 1.56. The van der Waals surface area contributed by atoms with E-state index in [1.54, 1.807) is 55.6 Å². The zero-order chi connectivity index (χ0) is 20.5. The summed E-state index contributed by atoms with van der Waals surface area (Å²) in [4.78, 5) is 16.7. The number of hydrogen-bond acceptors (Lipinski definition) is 7. The maximum absolute atomic E-state index is 12.6. The second kappa shape index (κ2) is 7.02. The lowest BCUT2D eigenvalue weighted by Crippen LogP contribution is -2.07. The van der Waals surface area contributed by atoms with Crippen molar-refractivity contribution >= 4 is 16.8 Å². The first-order chi connectivity index (χ1) is 14.0. The molecule has 0 bridgehead atoms. The Kier molecular flexibility index (Phi) is 4.37. The highest BCUT2D eigenvalue weighted by Gasteiger charge is 2.20. The van der Waals surface area contributed by atoms with Crippen LogP contribution in [0.4, 0.5) is 5.82 Å². The normalized spacial score (nSPS) is 10.6. The summed E-state index contributed by atoms with van der Waals surface area (Å²) in [6.45, 7) is 0. The third kappa shape index (κ3) is 3.03. The molecule has 7 nitrogen and oxygen atoms in total. The van der Waals surface area contributed by atoms with E-state index in [9.17, 15) is 15.2 Å². The van der Waals surface area contributed by atoms with Crippen LogP contribution in [0.3, 0.4) is 0 Å². The van der Waals surface area contributed by atoms with E-state index in [1.165, 1.54) is 6.07 Å². The van der Waals surface area contributed by atoms with Crippen LogP contribution in [0, 0.1) is 11.3 Å². The summed E-state index contributed by atoms with van der Waals surface area (Å²) < 4.78 is 10.5. The van der Waals surface area contributed by atoms with E-state index >= 15 is 0 Å². The van der Waals surface area contributed by atoms with Gasteiger partial charge in [0.2, 0.25) is 0 Å². The Morgan fingerprint density at radius 2 is 1.90 bits per heavy atom. The molecule has 142 valence electrons. The van der Waals surface area contributed by atoms with E-state index in [-0.39, 0.29) is 34.0 Å². The number of fused-ring (bicyclic) bond motifs is 1. The standard InChI is InChI=1S/C22H15N3O4/c1-28-13-8-6-12(7-9-13)15-10-17(25-21(24)16(15)11-23)19-20(26)14-4-2-3-5-18(14)29-22(19)27/h2-10,26H,1H3,(H2,24,25). The molecule has 0 atom stereocenters. The molecule has 4 rings (SSSR count). The van der Waals surface area contributed by atoms with E-state index in [0.29, 0.717) is 22.3 Å². The molecule has 0 saturated heterocycles. The van der Waals surface area contributed by atoms with Crippen molar-refractivity contribution < 1.29 is 14.3 Å². The number of nitrogens with two attached hydrogens (primary N) is 1. The molecular weight excluding hydrogens is 370 g/mol. The van der Waals surface area contributed by atoms with Crippen molar-refractivity contribution in [3.63, 3.8) is 0 Å². The predicted molar refractivity (Wildman–Crippen MR) is 108 cm³/mol. The van der Waals surface area contributed by atoms with Crippen LogP contribution in [0.15, 0.2) is 63.8 Å². The Labute approximate surface area is 165 Å². The van der Waals surface area contributed by atoms with Crippen LogP contribution < -0.4 is 16.1 Å². The summed E-state index contributed by atoms with van der Waals surface area (Å²) in [6.07, 6.45) is 0. The van der Waals surface area contributed by atoms with Crippen LogP contribution in [0.5, 0.6) is 11.5 Å². The molecule has 2 heterocycles. The number of methoxy groups -OCH3 is 1. The first-order valence-electron chi connectivity index (χ1n) is 8.63. The van der Waals surface area contributed by atoms with Gasteiger partial charge in [0.05, 0.1) is 18.2 Å². The molecule has 2 aromatic carbocycles. The highest BCUT2D eigenvalue weighted by Crippen LogP contribution is 2.36. The van der Waals surface area contributed by atoms with Gasteiger partial charge in [-0.15, -0.1) is 0 Å². The van der Waals surface area contributed by atoms with Gasteiger partial charge >= 0.3 is 5.63 Å². The average Bonchev–Trinajstić information content (AvgIpc) is 2.73. The first kappa shape index (κ1) is 18.1. The molecule has 0 amide bonds. The molecule has 0 spiro atoms. The molecule has 3 N–H and O–H groups in total. The van der Waals surface area contributed by atoms with Crippen LogP contribution in [-0.4, -0.2) is 17.2 Å². The summed E-state index contributed by atoms with van der Waals surface area (Å²) in [6, 6.07) is 17.2. The van der Waals surface area contributed by atoms with Crippen molar-refractivity contribution in [3.05, 3.63) is 70.6 Å². The van der Waals surface area contributed by atoms with E-state index in [0.717, 1.165) is 0 Å². The smallest absolute Gasteiger partial charge is 0.349 e. The molecule has 4 aromatic rings. The third-order valence-corrected chi connectivity index (χ3v) is 4.60. The largest absolute Gasteiger partial charge is 0.506 e. The van der Waals surface area contributed by atoms with Crippen molar-refractivity contribution in [1.82, 2.24) is 4.98 Å². The minimum absolute atomic E-state index is 0.0530. The average molecular weight is 385 g/mol. The van der Waals surface area contributed by atoms with E-state index in [1.807, 2.05) is 6.07 Å². The van der Waals surface area contributed by atoms with Crippen molar-refractivity contribution in [3.8, 4) is 40.0 Å². The fraction of sp³-hybridized carbons (Fsp3) is 0.0455. The fourth-order valence-electron chi connectivity index (χ4n) is 3.17. The number of nitrogen functional groups attached to an aromatic ring is 1. The molecule has 0 saturated carbocycles. The quantitative estimate of drug-likeness (QED) is 0.516. The van der Waals surface area contributed by atoms with Crippen molar-refractivity contribution in [1.29, 1.82) is 5.26 Å². The molecule has 0 radical (unpaired) electrons. The van der Waals surface area contributed by atoms with Gasteiger partial charge in [-0.25, -0.2) is 9.78 Å². The number of anilines is 1. The van der Waals surface area contributed by atoms with Gasteiger partial charge in [0.15, 0.2) is 0 Å². The van der Waals surface area contributed by atoms with Gasteiger partial charge in [0, 0.05) is 5.56 Å².